The molecule has 0 fully saturated rings. The lowest BCUT2D eigenvalue weighted by molar-refractivity contribution is -0.115. The quantitative estimate of drug-likeness (QED) is 0.657. The minimum atomic E-state index is -0.484. The SMILES string of the molecule is C[C](C(N)=O)c1ccc(O)nc1. The highest BCUT2D eigenvalue weighted by Crippen LogP contribution is 2.14. The Labute approximate surface area is 70.0 Å². The van der Waals surface area contributed by atoms with E-state index < -0.39 is 5.91 Å². The number of primary amides is 1. The lowest BCUT2D eigenvalue weighted by Crippen LogP contribution is -2.19. The molecule has 0 aliphatic rings. The van der Waals surface area contributed by atoms with Crippen LogP contribution in [0.2, 0.25) is 0 Å². The van der Waals surface area contributed by atoms with Crippen LogP contribution in [0.4, 0.5) is 0 Å². The van der Waals surface area contributed by atoms with E-state index in [1.165, 1.54) is 12.3 Å². The predicted octanol–water partition coefficient (Wildman–Crippen LogP) is 0.215. The number of aromatic nitrogens is 1. The molecule has 4 heteroatoms. The van der Waals surface area contributed by atoms with E-state index in [4.69, 9.17) is 10.8 Å². The van der Waals surface area contributed by atoms with E-state index in [0.717, 1.165) is 0 Å². The molecule has 3 N–H and O–H groups in total. The molecule has 0 saturated heterocycles. The van der Waals surface area contributed by atoms with Crippen molar-refractivity contribution in [1.82, 2.24) is 4.98 Å². The van der Waals surface area contributed by atoms with Crippen LogP contribution < -0.4 is 5.73 Å². The Morgan fingerprint density at radius 3 is 2.67 bits per heavy atom. The summed E-state index contributed by atoms with van der Waals surface area (Å²) in [6.45, 7) is 1.61. The molecule has 0 aromatic carbocycles. The average molecular weight is 165 g/mol. The normalized spacial score (nSPS) is 10.2. The largest absolute Gasteiger partial charge is 0.493 e. The van der Waals surface area contributed by atoms with Gasteiger partial charge in [0.05, 0.1) is 5.92 Å². The van der Waals surface area contributed by atoms with Crippen LogP contribution in [0.5, 0.6) is 5.88 Å². The lowest BCUT2D eigenvalue weighted by atomic mass is 10.0. The molecule has 63 valence electrons. The highest BCUT2D eigenvalue weighted by molar-refractivity contribution is 5.92. The first kappa shape index (κ1) is 8.52. The molecule has 1 aromatic rings. The molecule has 1 heterocycles. The fourth-order valence-electron chi connectivity index (χ4n) is 0.750. The van der Waals surface area contributed by atoms with Crippen LogP contribution in [0, 0.1) is 5.92 Å². The highest BCUT2D eigenvalue weighted by Gasteiger charge is 2.12. The third kappa shape index (κ3) is 1.72. The summed E-state index contributed by atoms with van der Waals surface area (Å²) in [6.07, 6.45) is 1.40. The van der Waals surface area contributed by atoms with Crippen molar-refractivity contribution in [3.8, 4) is 5.88 Å². The average Bonchev–Trinajstić information content (AvgIpc) is 2.04. The topological polar surface area (TPSA) is 76.2 Å². The minimum Gasteiger partial charge on any atom is -0.493 e. The Kier molecular flexibility index (Phi) is 2.28. The molecule has 1 radical (unpaired) electrons. The monoisotopic (exact) mass is 165 g/mol. The van der Waals surface area contributed by atoms with Gasteiger partial charge in [0, 0.05) is 12.3 Å². The van der Waals surface area contributed by atoms with Gasteiger partial charge in [0.1, 0.15) is 0 Å². The smallest absolute Gasteiger partial charge is 0.229 e. The van der Waals surface area contributed by atoms with Crippen LogP contribution in [0.3, 0.4) is 0 Å². The van der Waals surface area contributed by atoms with Gasteiger partial charge in [0.25, 0.3) is 0 Å². The molecule has 1 rings (SSSR count). The van der Waals surface area contributed by atoms with Gasteiger partial charge >= 0.3 is 0 Å². The van der Waals surface area contributed by atoms with Gasteiger partial charge in [-0.05, 0) is 12.5 Å². The summed E-state index contributed by atoms with van der Waals surface area (Å²) in [5, 5.41) is 8.84. The maximum absolute atomic E-state index is 10.7. The Morgan fingerprint density at radius 1 is 1.58 bits per heavy atom. The molecule has 12 heavy (non-hydrogen) atoms. The molecule has 0 aliphatic carbocycles. The third-order valence-corrected chi connectivity index (χ3v) is 1.55. The van der Waals surface area contributed by atoms with Crippen molar-refractivity contribution in [2.24, 2.45) is 5.73 Å². The van der Waals surface area contributed by atoms with Crippen molar-refractivity contribution in [1.29, 1.82) is 0 Å². The van der Waals surface area contributed by atoms with Gasteiger partial charge in [0.15, 0.2) is 0 Å². The zero-order valence-electron chi connectivity index (χ0n) is 6.61. The van der Waals surface area contributed by atoms with Gasteiger partial charge in [-0.2, -0.15) is 0 Å². The van der Waals surface area contributed by atoms with Crippen LogP contribution in [0.25, 0.3) is 0 Å². The second-order valence-corrected chi connectivity index (χ2v) is 2.39. The number of nitrogens with two attached hydrogens (primary N) is 1. The zero-order valence-corrected chi connectivity index (χ0v) is 6.61. The molecular weight excluding hydrogens is 156 g/mol. The fraction of sp³-hybridized carbons (Fsp3) is 0.125. The number of rotatable bonds is 2. The Balaban J connectivity index is 2.89. The number of pyridine rings is 1. The number of hydrogen-bond acceptors (Lipinski definition) is 3. The van der Waals surface area contributed by atoms with E-state index >= 15 is 0 Å². The molecule has 0 spiro atoms. The number of carbonyl (C=O) groups is 1. The van der Waals surface area contributed by atoms with Gasteiger partial charge in [-0.3, -0.25) is 4.79 Å². The van der Waals surface area contributed by atoms with Crippen LogP contribution >= 0.6 is 0 Å². The van der Waals surface area contributed by atoms with Gasteiger partial charge < -0.3 is 10.8 Å². The first-order valence-corrected chi connectivity index (χ1v) is 3.40. The van der Waals surface area contributed by atoms with Gasteiger partial charge in [-0.25, -0.2) is 4.98 Å². The second-order valence-electron chi connectivity index (χ2n) is 2.39. The summed E-state index contributed by atoms with van der Waals surface area (Å²) < 4.78 is 0. The lowest BCUT2D eigenvalue weighted by Gasteiger charge is -2.04. The second kappa shape index (κ2) is 3.21. The van der Waals surface area contributed by atoms with E-state index in [1.54, 1.807) is 13.0 Å². The van der Waals surface area contributed by atoms with E-state index in [1.807, 2.05) is 0 Å². The number of amides is 1. The minimum absolute atomic E-state index is 0.0731. The highest BCUT2D eigenvalue weighted by atomic mass is 16.3. The Hall–Kier alpha value is -1.58. The zero-order chi connectivity index (χ0) is 9.14. The van der Waals surface area contributed by atoms with Crippen LogP contribution in [0.1, 0.15) is 12.5 Å². The standard InChI is InChI=1S/C8H9N2O2/c1-5(8(9)12)6-2-3-7(11)10-4-6/h2-4H,1H3,(H2,9,12)(H,10,11). The summed E-state index contributed by atoms with van der Waals surface area (Å²) in [7, 11) is 0. The van der Waals surface area contributed by atoms with Crippen LogP contribution in [-0.2, 0) is 4.79 Å². The summed E-state index contributed by atoms with van der Waals surface area (Å²) in [4.78, 5) is 14.3. The van der Waals surface area contributed by atoms with Crippen molar-refractivity contribution < 1.29 is 9.90 Å². The number of aromatic hydroxyl groups is 1. The van der Waals surface area contributed by atoms with E-state index in [9.17, 15) is 4.79 Å². The fourth-order valence-corrected chi connectivity index (χ4v) is 0.750. The number of nitrogens with zero attached hydrogens (tertiary/aromatic N) is 1. The van der Waals surface area contributed by atoms with Gasteiger partial charge in [-0.15, -0.1) is 0 Å². The van der Waals surface area contributed by atoms with Crippen LogP contribution in [0.15, 0.2) is 18.3 Å². The van der Waals surface area contributed by atoms with Crippen molar-refractivity contribution in [2.45, 2.75) is 6.92 Å². The molecule has 0 unspecified atom stereocenters. The molecule has 4 nitrogen and oxygen atoms in total. The van der Waals surface area contributed by atoms with Gasteiger partial charge in [-0.1, -0.05) is 6.07 Å². The van der Waals surface area contributed by atoms with Crippen LogP contribution in [-0.4, -0.2) is 16.0 Å². The number of hydrogen-bond donors (Lipinski definition) is 2. The summed E-state index contributed by atoms with van der Waals surface area (Å²) in [5.74, 6) is -0.124. The molecule has 1 amide bonds. The van der Waals surface area contributed by atoms with Crippen molar-refractivity contribution in [2.75, 3.05) is 0 Å². The first-order valence-electron chi connectivity index (χ1n) is 3.40. The summed E-state index contributed by atoms with van der Waals surface area (Å²) in [5.41, 5.74) is 5.67. The molecule has 0 saturated carbocycles. The maximum Gasteiger partial charge on any atom is 0.229 e. The van der Waals surface area contributed by atoms with Crippen molar-refractivity contribution in [3.63, 3.8) is 0 Å². The third-order valence-electron chi connectivity index (χ3n) is 1.55. The first-order chi connectivity index (χ1) is 5.61. The number of carbonyl (C=O) groups excluding carboxylic acids is 1. The molecule has 0 aliphatic heterocycles. The summed E-state index contributed by atoms with van der Waals surface area (Å²) in [6, 6.07) is 2.99. The van der Waals surface area contributed by atoms with Crippen molar-refractivity contribution in [3.05, 3.63) is 29.8 Å². The molecule has 0 atom stereocenters. The predicted molar refractivity (Wildman–Crippen MR) is 43.1 cm³/mol. The van der Waals surface area contributed by atoms with E-state index in [2.05, 4.69) is 4.98 Å². The van der Waals surface area contributed by atoms with E-state index in [-0.39, 0.29) is 5.88 Å². The molecule has 0 bridgehead atoms. The molecular formula is C8H9N2O2. The molecule has 1 aromatic heterocycles. The van der Waals surface area contributed by atoms with Crippen molar-refractivity contribution >= 4 is 5.91 Å². The van der Waals surface area contributed by atoms with Gasteiger partial charge in [0.2, 0.25) is 11.8 Å². The Bertz CT molecular complexity index is 282. The maximum atomic E-state index is 10.7. The van der Waals surface area contributed by atoms with E-state index in [0.29, 0.717) is 11.5 Å². The Morgan fingerprint density at radius 2 is 2.25 bits per heavy atom. The summed E-state index contributed by atoms with van der Waals surface area (Å²) >= 11 is 0.